The van der Waals surface area contributed by atoms with Crippen LogP contribution < -0.4 is 0 Å². The molecule has 5 nitrogen and oxygen atoms in total. The van der Waals surface area contributed by atoms with Crippen LogP contribution in [-0.2, 0) is 19.1 Å². The van der Waals surface area contributed by atoms with Crippen LogP contribution in [0.5, 0.6) is 0 Å². The molecular weight excluding hydrogens is 885 g/mol. The number of unbranched alkanes of at least 4 members (excludes halogenated alkanes) is 41. The molecule has 0 aromatic carbocycles. The number of aliphatic hydroxyl groups is 1. The second-order valence-corrected chi connectivity index (χ2v) is 21.5. The van der Waals surface area contributed by atoms with Crippen molar-refractivity contribution in [2.75, 3.05) is 13.2 Å². The smallest absolute Gasteiger partial charge is 0.306 e. The summed E-state index contributed by atoms with van der Waals surface area (Å²) in [6, 6.07) is 0. The molecule has 420 valence electrons. The third-order valence-corrected chi connectivity index (χ3v) is 14.3. The first-order chi connectivity index (χ1) is 35.6. The normalized spacial score (nSPS) is 12.5. The summed E-state index contributed by atoms with van der Waals surface area (Å²) in [7, 11) is 0. The van der Waals surface area contributed by atoms with Crippen LogP contribution in [0.25, 0.3) is 0 Å². The second-order valence-electron chi connectivity index (χ2n) is 21.5. The molecule has 0 saturated heterocycles. The molecule has 0 aromatic rings. The maximum Gasteiger partial charge on any atom is 0.306 e. The number of rotatable bonds is 59. The van der Waals surface area contributed by atoms with Crippen molar-refractivity contribution in [3.8, 4) is 0 Å². The molecule has 0 saturated carbocycles. The number of esters is 2. The molecule has 5 heteroatoms. The van der Waals surface area contributed by atoms with Crippen molar-refractivity contribution in [1.29, 1.82) is 0 Å². The highest BCUT2D eigenvalue weighted by Gasteiger charge is 2.16. The van der Waals surface area contributed by atoms with Crippen LogP contribution in [0.15, 0.2) is 60.8 Å². The van der Waals surface area contributed by atoms with Crippen molar-refractivity contribution in [3.05, 3.63) is 60.8 Å². The number of hydrogen-bond acceptors (Lipinski definition) is 5. The first-order valence-corrected chi connectivity index (χ1v) is 31.8. The molecule has 0 fully saturated rings. The molecule has 0 spiro atoms. The molecule has 0 aromatic heterocycles. The molecule has 0 rings (SSSR count). The van der Waals surface area contributed by atoms with E-state index in [0.29, 0.717) is 12.8 Å². The Morgan fingerprint density at radius 1 is 0.319 bits per heavy atom. The molecule has 0 radical (unpaired) electrons. The van der Waals surface area contributed by atoms with Gasteiger partial charge in [0, 0.05) is 12.8 Å². The van der Waals surface area contributed by atoms with Crippen LogP contribution in [0.1, 0.15) is 335 Å². The van der Waals surface area contributed by atoms with Crippen LogP contribution >= 0.6 is 0 Å². The fraction of sp³-hybridized carbons (Fsp3) is 0.821. The van der Waals surface area contributed by atoms with Gasteiger partial charge in [0.15, 0.2) is 6.10 Å². The van der Waals surface area contributed by atoms with E-state index >= 15 is 0 Å². The average Bonchev–Trinajstić information content (AvgIpc) is 3.38. The molecule has 0 aliphatic carbocycles. The molecule has 0 amide bonds. The number of carbonyl (C=O) groups is 2. The fourth-order valence-electron chi connectivity index (χ4n) is 9.48. The van der Waals surface area contributed by atoms with E-state index < -0.39 is 6.10 Å². The Bertz CT molecular complexity index is 1230. The summed E-state index contributed by atoms with van der Waals surface area (Å²) in [5, 5.41) is 9.67. The zero-order valence-corrected chi connectivity index (χ0v) is 48.2. The fourth-order valence-corrected chi connectivity index (χ4v) is 9.48. The maximum atomic E-state index is 12.3. The Kier molecular flexibility index (Phi) is 60.8. The van der Waals surface area contributed by atoms with Gasteiger partial charge in [0.25, 0.3) is 0 Å². The van der Waals surface area contributed by atoms with Gasteiger partial charge in [0.2, 0.25) is 0 Å². The monoisotopic (exact) mass is 1010 g/mol. The van der Waals surface area contributed by atoms with E-state index in [1.54, 1.807) is 0 Å². The topological polar surface area (TPSA) is 72.8 Å². The summed E-state index contributed by atoms with van der Waals surface area (Å²) < 4.78 is 10.7. The Labute approximate surface area is 449 Å². The maximum absolute atomic E-state index is 12.3. The van der Waals surface area contributed by atoms with E-state index in [9.17, 15) is 14.7 Å². The van der Waals surface area contributed by atoms with Gasteiger partial charge in [-0.1, -0.05) is 299 Å². The van der Waals surface area contributed by atoms with E-state index in [2.05, 4.69) is 74.6 Å². The van der Waals surface area contributed by atoms with Crippen molar-refractivity contribution < 1.29 is 24.2 Å². The predicted molar refractivity (Wildman–Crippen MR) is 316 cm³/mol. The Hall–Kier alpha value is -2.40. The summed E-state index contributed by atoms with van der Waals surface area (Å²) >= 11 is 0. The van der Waals surface area contributed by atoms with Crippen LogP contribution in [0.3, 0.4) is 0 Å². The minimum Gasteiger partial charge on any atom is -0.462 e. The minimum absolute atomic E-state index is 0.0655. The Balaban J connectivity index is 3.42. The lowest BCUT2D eigenvalue weighted by Gasteiger charge is -2.15. The zero-order chi connectivity index (χ0) is 52.0. The highest BCUT2D eigenvalue weighted by Crippen LogP contribution is 2.17. The molecule has 1 unspecified atom stereocenters. The number of ether oxygens (including phenoxy) is 2. The average molecular weight is 1010 g/mol. The van der Waals surface area contributed by atoms with E-state index in [0.717, 1.165) is 57.8 Å². The van der Waals surface area contributed by atoms with Crippen molar-refractivity contribution in [3.63, 3.8) is 0 Å². The van der Waals surface area contributed by atoms with Gasteiger partial charge in [-0.15, -0.1) is 0 Å². The summed E-state index contributed by atoms with van der Waals surface area (Å²) in [5.41, 5.74) is 0. The standard InChI is InChI=1S/C67H122O5/c1-3-5-7-9-11-13-15-17-19-21-23-25-26-27-28-29-30-31-32-33-34-35-36-37-38-39-40-42-44-46-48-50-52-54-56-58-60-62-67(70)72-65(63-68)64-71-66(69)61-59-57-55-53-51-49-47-45-43-41-24-22-20-18-16-14-12-10-8-6-4-2/h15-18,21-24,26-27,65,68H,3-14,19-20,25,28-64H2,1-2H3/b17-15-,18-16-,23-21-,24-22-,27-26-. The highest BCUT2D eigenvalue weighted by atomic mass is 16.6. The number of aliphatic hydroxyl groups excluding tert-OH is 1. The van der Waals surface area contributed by atoms with Gasteiger partial charge in [-0.25, -0.2) is 0 Å². The summed E-state index contributed by atoms with van der Waals surface area (Å²) in [4.78, 5) is 24.6. The number of hydrogen-bond donors (Lipinski definition) is 1. The lowest BCUT2D eigenvalue weighted by molar-refractivity contribution is -0.161. The second kappa shape index (κ2) is 62.9. The van der Waals surface area contributed by atoms with Crippen LogP contribution in [0.4, 0.5) is 0 Å². The SMILES string of the molecule is CCCCCCC/C=C\C/C=C\C/C=C\CCCCCCCCCCCCCCCCCCCCCCCCC(=O)OC(CO)COC(=O)CCCCCCCCCCC/C=C\C/C=C\CCCCCCC. The van der Waals surface area contributed by atoms with Gasteiger partial charge in [-0.05, 0) is 83.5 Å². The van der Waals surface area contributed by atoms with Crippen LogP contribution in [0, 0.1) is 0 Å². The summed E-state index contributed by atoms with van der Waals surface area (Å²) in [6.07, 6.45) is 85.1. The number of carbonyl (C=O) groups excluding carboxylic acids is 2. The third kappa shape index (κ3) is 60.2. The lowest BCUT2D eigenvalue weighted by Crippen LogP contribution is -2.28. The van der Waals surface area contributed by atoms with Crippen molar-refractivity contribution in [2.45, 2.75) is 341 Å². The minimum atomic E-state index is -0.774. The molecule has 0 heterocycles. The van der Waals surface area contributed by atoms with Gasteiger partial charge in [-0.2, -0.15) is 0 Å². The van der Waals surface area contributed by atoms with Crippen molar-refractivity contribution in [1.82, 2.24) is 0 Å². The first-order valence-electron chi connectivity index (χ1n) is 31.8. The van der Waals surface area contributed by atoms with Crippen molar-refractivity contribution in [2.24, 2.45) is 0 Å². The van der Waals surface area contributed by atoms with E-state index in [-0.39, 0.29) is 25.2 Å². The predicted octanol–water partition coefficient (Wildman–Crippen LogP) is 21.8. The molecule has 0 aliphatic rings. The van der Waals surface area contributed by atoms with Gasteiger partial charge in [0.05, 0.1) is 6.61 Å². The van der Waals surface area contributed by atoms with Gasteiger partial charge < -0.3 is 14.6 Å². The number of allylic oxidation sites excluding steroid dienone is 10. The largest absolute Gasteiger partial charge is 0.462 e. The van der Waals surface area contributed by atoms with Gasteiger partial charge in [0.1, 0.15) is 6.61 Å². The van der Waals surface area contributed by atoms with Crippen LogP contribution in [-0.4, -0.2) is 36.4 Å². The molecule has 1 N–H and O–H groups in total. The molecule has 1 atom stereocenters. The molecule has 0 bridgehead atoms. The Morgan fingerprint density at radius 3 is 0.833 bits per heavy atom. The van der Waals surface area contributed by atoms with E-state index in [1.165, 1.54) is 250 Å². The van der Waals surface area contributed by atoms with Gasteiger partial charge in [-0.3, -0.25) is 9.59 Å². The Morgan fingerprint density at radius 2 is 0.556 bits per heavy atom. The van der Waals surface area contributed by atoms with E-state index in [4.69, 9.17) is 9.47 Å². The summed E-state index contributed by atoms with van der Waals surface area (Å²) in [6.45, 7) is 4.15. The van der Waals surface area contributed by atoms with Gasteiger partial charge >= 0.3 is 11.9 Å². The molecule has 0 aliphatic heterocycles. The van der Waals surface area contributed by atoms with Crippen LogP contribution in [0.2, 0.25) is 0 Å². The first kappa shape index (κ1) is 69.6. The zero-order valence-electron chi connectivity index (χ0n) is 48.2. The molecular formula is C67H122O5. The molecule has 72 heavy (non-hydrogen) atoms. The quantitative estimate of drug-likeness (QED) is 0.0373. The lowest BCUT2D eigenvalue weighted by atomic mass is 10.0. The van der Waals surface area contributed by atoms with Crippen molar-refractivity contribution >= 4 is 11.9 Å². The van der Waals surface area contributed by atoms with E-state index in [1.807, 2.05) is 0 Å². The summed E-state index contributed by atoms with van der Waals surface area (Å²) in [5.74, 6) is -0.581. The highest BCUT2D eigenvalue weighted by molar-refractivity contribution is 5.70. The third-order valence-electron chi connectivity index (χ3n) is 14.3.